The molecule has 1 heterocycles. The molecule has 1 saturated heterocycles. The van der Waals surface area contributed by atoms with Crippen molar-refractivity contribution in [3.05, 3.63) is 34.9 Å². The Morgan fingerprint density at radius 3 is 2.63 bits per heavy atom. The van der Waals surface area contributed by atoms with Crippen LogP contribution in [0.2, 0.25) is 5.02 Å². The smallest absolute Gasteiger partial charge is 0.324 e. The third-order valence-electron chi connectivity index (χ3n) is 3.83. The van der Waals surface area contributed by atoms with E-state index >= 15 is 0 Å². The molecule has 0 radical (unpaired) electrons. The highest BCUT2D eigenvalue weighted by atomic mass is 35.5. The van der Waals surface area contributed by atoms with Crippen molar-refractivity contribution in [1.29, 1.82) is 0 Å². The van der Waals surface area contributed by atoms with Gasteiger partial charge in [0.1, 0.15) is 5.54 Å². The van der Waals surface area contributed by atoms with Gasteiger partial charge in [-0.05, 0) is 31.5 Å². The molecule has 0 atom stereocenters. The molecule has 0 aliphatic carbocycles. The normalized spacial score (nSPS) is 19.3. The molecule has 0 aromatic heterocycles. The van der Waals surface area contributed by atoms with Crippen molar-refractivity contribution in [2.45, 2.75) is 24.9 Å². The topological polar surface area (TPSA) is 52.6 Å². The predicted octanol–water partition coefficient (Wildman–Crippen LogP) is 1.98. The number of carboxylic acids is 1. The van der Waals surface area contributed by atoms with Crippen molar-refractivity contribution >= 4 is 17.6 Å². The molecule has 2 N–H and O–H groups in total. The number of aliphatic carboxylic acids is 1. The maximum Gasteiger partial charge on any atom is 0.324 e. The number of nitrogens with zero attached hydrogens (tertiary/aromatic N) is 1. The van der Waals surface area contributed by atoms with Crippen LogP contribution in [0, 0.1) is 0 Å². The van der Waals surface area contributed by atoms with Crippen molar-refractivity contribution in [1.82, 2.24) is 10.2 Å². The lowest BCUT2D eigenvalue weighted by molar-refractivity contribution is -0.147. The summed E-state index contributed by atoms with van der Waals surface area (Å²) in [5.41, 5.74) is 0.106. The van der Waals surface area contributed by atoms with E-state index in [1.165, 1.54) is 0 Å². The Hall–Kier alpha value is -1.10. The van der Waals surface area contributed by atoms with Crippen molar-refractivity contribution in [2.24, 2.45) is 0 Å². The largest absolute Gasteiger partial charge is 0.480 e. The third-order valence-corrected chi connectivity index (χ3v) is 4.19. The summed E-state index contributed by atoms with van der Waals surface area (Å²) >= 11 is 6.09. The first-order chi connectivity index (χ1) is 9.03. The van der Waals surface area contributed by atoms with Crippen LogP contribution in [0.1, 0.15) is 18.4 Å². The number of carbonyl (C=O) groups is 1. The van der Waals surface area contributed by atoms with Gasteiger partial charge < -0.3 is 10.0 Å². The number of rotatable bonds is 4. The van der Waals surface area contributed by atoms with Gasteiger partial charge in [0.15, 0.2) is 0 Å². The van der Waals surface area contributed by atoms with Crippen molar-refractivity contribution < 1.29 is 9.90 Å². The summed E-state index contributed by atoms with van der Waals surface area (Å²) in [6, 6.07) is 7.51. The fourth-order valence-electron chi connectivity index (χ4n) is 2.37. The molecule has 2 rings (SSSR count). The lowest BCUT2D eigenvalue weighted by Crippen LogP contribution is -2.57. The minimum Gasteiger partial charge on any atom is -0.480 e. The van der Waals surface area contributed by atoms with Gasteiger partial charge in [0.05, 0.1) is 0 Å². The zero-order valence-electron chi connectivity index (χ0n) is 11.0. The molecule has 0 unspecified atom stereocenters. The maximum absolute atomic E-state index is 11.6. The Kier molecular flexibility index (Phi) is 4.45. The molecule has 19 heavy (non-hydrogen) atoms. The summed E-state index contributed by atoms with van der Waals surface area (Å²) in [7, 11) is 2.01. The number of benzene rings is 1. The van der Waals surface area contributed by atoms with Crippen LogP contribution in [0.15, 0.2) is 24.3 Å². The molecule has 1 aliphatic rings. The number of halogens is 1. The van der Waals surface area contributed by atoms with Gasteiger partial charge in [0.25, 0.3) is 0 Å². The molecule has 0 bridgehead atoms. The molecule has 1 aliphatic heterocycles. The van der Waals surface area contributed by atoms with Crippen LogP contribution in [-0.2, 0) is 11.3 Å². The van der Waals surface area contributed by atoms with Gasteiger partial charge in [-0.2, -0.15) is 0 Å². The highest BCUT2D eigenvalue weighted by Crippen LogP contribution is 2.24. The highest BCUT2D eigenvalue weighted by Gasteiger charge is 2.40. The van der Waals surface area contributed by atoms with E-state index in [9.17, 15) is 9.90 Å². The Labute approximate surface area is 118 Å². The molecule has 1 fully saturated rings. The minimum absolute atomic E-state index is 0.482. The average Bonchev–Trinajstić information content (AvgIpc) is 2.40. The molecular weight excluding hydrogens is 264 g/mol. The van der Waals surface area contributed by atoms with Crippen LogP contribution in [0.3, 0.4) is 0 Å². The number of carboxylic acid groups (broad SMARTS) is 1. The summed E-state index contributed by atoms with van der Waals surface area (Å²) in [5.74, 6) is -0.771. The van der Waals surface area contributed by atoms with Gasteiger partial charge in [0, 0.05) is 24.7 Å². The van der Waals surface area contributed by atoms with E-state index in [1.807, 2.05) is 31.3 Å². The molecule has 4 nitrogen and oxygen atoms in total. The molecule has 104 valence electrons. The van der Waals surface area contributed by atoms with Crippen molar-refractivity contribution in [2.75, 3.05) is 20.1 Å². The molecule has 1 aromatic carbocycles. The number of hydrogen-bond acceptors (Lipinski definition) is 3. The zero-order chi connectivity index (χ0) is 13.9. The van der Waals surface area contributed by atoms with Gasteiger partial charge in [-0.15, -0.1) is 0 Å². The van der Waals surface area contributed by atoms with E-state index in [-0.39, 0.29) is 0 Å². The third kappa shape index (κ3) is 3.26. The Balaban J connectivity index is 2.06. The lowest BCUT2D eigenvalue weighted by Gasteiger charge is -2.38. The Morgan fingerprint density at radius 2 is 2.05 bits per heavy atom. The number of likely N-dealkylation sites (tertiary alicyclic amines) is 1. The molecule has 0 saturated carbocycles. The first-order valence-electron chi connectivity index (χ1n) is 6.44. The van der Waals surface area contributed by atoms with E-state index in [4.69, 9.17) is 11.6 Å². The SMILES string of the molecule is CN1CCC(NCc2ccccc2Cl)(C(=O)O)CC1. The summed E-state index contributed by atoms with van der Waals surface area (Å²) < 4.78 is 0. The fourth-order valence-corrected chi connectivity index (χ4v) is 2.58. The number of piperidine rings is 1. The van der Waals surface area contributed by atoms with E-state index in [0.29, 0.717) is 24.4 Å². The van der Waals surface area contributed by atoms with Crippen LogP contribution in [0.25, 0.3) is 0 Å². The highest BCUT2D eigenvalue weighted by molar-refractivity contribution is 6.31. The monoisotopic (exact) mass is 282 g/mol. The first kappa shape index (κ1) is 14.3. The second-order valence-corrected chi connectivity index (χ2v) is 5.54. The minimum atomic E-state index is -0.828. The molecule has 5 heteroatoms. The van der Waals surface area contributed by atoms with Gasteiger partial charge >= 0.3 is 5.97 Å². The van der Waals surface area contributed by atoms with Gasteiger partial charge in [-0.1, -0.05) is 29.8 Å². The quantitative estimate of drug-likeness (QED) is 0.887. The van der Waals surface area contributed by atoms with Gasteiger partial charge in [0.2, 0.25) is 0 Å². The van der Waals surface area contributed by atoms with Gasteiger partial charge in [-0.3, -0.25) is 10.1 Å². The van der Waals surface area contributed by atoms with Crippen LogP contribution in [-0.4, -0.2) is 41.7 Å². The second kappa shape index (κ2) is 5.90. The van der Waals surface area contributed by atoms with E-state index < -0.39 is 11.5 Å². The predicted molar refractivity (Wildman–Crippen MR) is 75.4 cm³/mol. The van der Waals surface area contributed by atoms with Crippen LogP contribution in [0.5, 0.6) is 0 Å². The van der Waals surface area contributed by atoms with Gasteiger partial charge in [-0.25, -0.2) is 0 Å². The molecule has 1 aromatic rings. The van der Waals surface area contributed by atoms with Crippen LogP contribution >= 0.6 is 11.6 Å². The summed E-state index contributed by atoms with van der Waals surface area (Å²) in [6.07, 6.45) is 1.23. The molecule has 0 spiro atoms. The van der Waals surface area contributed by atoms with E-state index in [1.54, 1.807) is 0 Å². The Morgan fingerprint density at radius 1 is 1.42 bits per heavy atom. The summed E-state index contributed by atoms with van der Waals surface area (Å²) in [6.45, 7) is 2.07. The summed E-state index contributed by atoms with van der Waals surface area (Å²) in [5, 5.41) is 13.4. The van der Waals surface area contributed by atoms with Crippen LogP contribution < -0.4 is 5.32 Å². The molecule has 0 amide bonds. The van der Waals surface area contributed by atoms with E-state index in [0.717, 1.165) is 18.7 Å². The van der Waals surface area contributed by atoms with Crippen molar-refractivity contribution in [3.8, 4) is 0 Å². The second-order valence-electron chi connectivity index (χ2n) is 5.14. The van der Waals surface area contributed by atoms with Crippen molar-refractivity contribution in [3.63, 3.8) is 0 Å². The first-order valence-corrected chi connectivity index (χ1v) is 6.82. The zero-order valence-corrected chi connectivity index (χ0v) is 11.8. The standard InChI is InChI=1S/C14H19ClN2O2/c1-17-8-6-14(7-9-17,13(18)19)16-10-11-4-2-3-5-12(11)15/h2-5,16H,6-10H2,1H3,(H,18,19). The Bertz CT molecular complexity index is 457. The number of hydrogen-bond donors (Lipinski definition) is 2. The maximum atomic E-state index is 11.6. The lowest BCUT2D eigenvalue weighted by atomic mass is 9.87. The molecular formula is C14H19ClN2O2. The van der Waals surface area contributed by atoms with E-state index in [2.05, 4.69) is 10.2 Å². The summed E-state index contributed by atoms with van der Waals surface area (Å²) in [4.78, 5) is 13.7. The van der Waals surface area contributed by atoms with Crippen LogP contribution in [0.4, 0.5) is 0 Å². The fraction of sp³-hybridized carbons (Fsp3) is 0.500. The number of nitrogens with one attached hydrogen (secondary N) is 1. The average molecular weight is 283 g/mol.